The van der Waals surface area contributed by atoms with Crippen molar-refractivity contribution in [1.29, 1.82) is 0 Å². The summed E-state index contributed by atoms with van der Waals surface area (Å²) < 4.78 is 7.44. The highest BCUT2D eigenvalue weighted by Crippen LogP contribution is 2.28. The molecule has 0 aliphatic carbocycles. The summed E-state index contributed by atoms with van der Waals surface area (Å²) in [4.78, 5) is 22.3. The molecule has 1 amide bonds. The van der Waals surface area contributed by atoms with E-state index in [1.54, 1.807) is 7.11 Å². The Balaban J connectivity index is 1.57. The smallest absolute Gasteiger partial charge is 0.272 e. The second-order valence-electron chi connectivity index (χ2n) is 7.10. The fraction of sp³-hybridized carbons (Fsp3) is 0.364. The van der Waals surface area contributed by atoms with Crippen LogP contribution >= 0.6 is 0 Å². The molecule has 0 saturated carbocycles. The first kappa shape index (κ1) is 18.3. The van der Waals surface area contributed by atoms with Gasteiger partial charge in [-0.05, 0) is 37.1 Å². The van der Waals surface area contributed by atoms with Gasteiger partial charge in [-0.25, -0.2) is 4.98 Å². The number of hydrogen-bond donors (Lipinski definition) is 0. The third-order valence-corrected chi connectivity index (χ3v) is 5.45. The number of ether oxygens (including phenoxy) is 1. The molecule has 3 aromatic rings. The lowest BCUT2D eigenvalue weighted by Gasteiger charge is -2.36. The summed E-state index contributed by atoms with van der Waals surface area (Å²) in [5.74, 6) is 0.933. The molecule has 3 heterocycles. The summed E-state index contributed by atoms with van der Waals surface area (Å²) in [6, 6.07) is 12.0. The maximum absolute atomic E-state index is 13.4. The predicted molar refractivity (Wildman–Crippen MR) is 110 cm³/mol. The number of carbonyl (C=O) groups excluding carboxylic acids is 1. The molecule has 0 unspecified atom stereocenters. The number of carbonyl (C=O) groups is 1. The molecule has 1 aliphatic rings. The van der Waals surface area contributed by atoms with Gasteiger partial charge in [0.05, 0.1) is 18.5 Å². The molecule has 0 radical (unpaired) electrons. The fourth-order valence-electron chi connectivity index (χ4n) is 3.92. The molecule has 0 spiro atoms. The Hall–Kier alpha value is -3.02. The number of para-hydroxylation sites is 2. The first-order chi connectivity index (χ1) is 13.6. The molecule has 1 aromatic carbocycles. The number of pyridine rings is 1. The molecule has 1 saturated heterocycles. The van der Waals surface area contributed by atoms with E-state index in [0.717, 1.165) is 47.9 Å². The maximum Gasteiger partial charge on any atom is 0.272 e. The van der Waals surface area contributed by atoms with Gasteiger partial charge in [0.25, 0.3) is 5.91 Å². The van der Waals surface area contributed by atoms with Crippen molar-refractivity contribution in [2.24, 2.45) is 0 Å². The molecule has 28 heavy (non-hydrogen) atoms. The van der Waals surface area contributed by atoms with Crippen molar-refractivity contribution in [3.05, 3.63) is 59.5 Å². The normalized spacial score (nSPS) is 14.5. The molecule has 1 aliphatic heterocycles. The Kier molecular flexibility index (Phi) is 4.94. The molecule has 4 rings (SSSR count). The Morgan fingerprint density at radius 3 is 2.57 bits per heavy atom. The van der Waals surface area contributed by atoms with Gasteiger partial charge in [0.1, 0.15) is 17.1 Å². The summed E-state index contributed by atoms with van der Waals surface area (Å²) in [7, 11) is 1.69. The van der Waals surface area contributed by atoms with E-state index >= 15 is 0 Å². The number of nitrogens with zero attached hydrogens (tertiary/aromatic N) is 4. The van der Waals surface area contributed by atoms with Gasteiger partial charge < -0.3 is 14.5 Å². The number of methoxy groups -OCH3 is 1. The van der Waals surface area contributed by atoms with Gasteiger partial charge in [-0.15, -0.1) is 0 Å². The van der Waals surface area contributed by atoms with E-state index in [1.807, 2.05) is 59.7 Å². The van der Waals surface area contributed by atoms with Gasteiger partial charge in [0.15, 0.2) is 0 Å². The molecular weight excluding hydrogens is 352 g/mol. The lowest BCUT2D eigenvalue weighted by atomic mass is 10.2. The SMILES string of the molecule is CCc1nc2c(C)cccn2c1C(=O)N1CCN(c2ccccc2OC)CC1. The number of aryl methyl sites for hydroxylation is 2. The number of imidazole rings is 1. The zero-order chi connectivity index (χ0) is 19.7. The van der Waals surface area contributed by atoms with Crippen molar-refractivity contribution in [2.45, 2.75) is 20.3 Å². The topological polar surface area (TPSA) is 50.1 Å². The molecule has 146 valence electrons. The lowest BCUT2D eigenvalue weighted by molar-refractivity contribution is 0.0738. The fourth-order valence-corrected chi connectivity index (χ4v) is 3.92. The van der Waals surface area contributed by atoms with Crippen LogP contribution in [-0.4, -0.2) is 53.5 Å². The van der Waals surface area contributed by atoms with E-state index < -0.39 is 0 Å². The predicted octanol–water partition coefficient (Wildman–Crippen LogP) is 3.18. The monoisotopic (exact) mass is 378 g/mol. The summed E-state index contributed by atoms with van der Waals surface area (Å²) in [5.41, 5.74) is 4.60. The van der Waals surface area contributed by atoms with Crippen LogP contribution in [0, 0.1) is 6.92 Å². The van der Waals surface area contributed by atoms with Crippen LogP contribution in [0.4, 0.5) is 5.69 Å². The van der Waals surface area contributed by atoms with Crippen molar-refractivity contribution in [1.82, 2.24) is 14.3 Å². The van der Waals surface area contributed by atoms with E-state index in [2.05, 4.69) is 11.0 Å². The van der Waals surface area contributed by atoms with E-state index in [-0.39, 0.29) is 5.91 Å². The molecular formula is C22H26N4O2. The van der Waals surface area contributed by atoms with E-state index in [9.17, 15) is 4.79 Å². The number of aromatic nitrogens is 2. The molecule has 6 nitrogen and oxygen atoms in total. The number of anilines is 1. The van der Waals surface area contributed by atoms with E-state index in [1.165, 1.54) is 0 Å². The van der Waals surface area contributed by atoms with Crippen LogP contribution in [0.15, 0.2) is 42.6 Å². The van der Waals surface area contributed by atoms with Gasteiger partial charge in [0, 0.05) is 32.4 Å². The van der Waals surface area contributed by atoms with Crippen LogP contribution in [0.1, 0.15) is 28.7 Å². The van der Waals surface area contributed by atoms with Crippen molar-refractivity contribution in [3.63, 3.8) is 0 Å². The number of benzene rings is 1. The number of rotatable bonds is 4. The van der Waals surface area contributed by atoms with E-state index in [0.29, 0.717) is 18.8 Å². The Morgan fingerprint density at radius 2 is 1.86 bits per heavy atom. The van der Waals surface area contributed by atoms with Crippen LogP contribution in [-0.2, 0) is 6.42 Å². The van der Waals surface area contributed by atoms with Crippen LogP contribution in [0.5, 0.6) is 5.75 Å². The summed E-state index contributed by atoms with van der Waals surface area (Å²) in [6.45, 7) is 7.00. The average molecular weight is 378 g/mol. The minimum Gasteiger partial charge on any atom is -0.495 e. The third kappa shape index (κ3) is 3.09. The summed E-state index contributed by atoms with van der Waals surface area (Å²) in [6.07, 6.45) is 2.68. The van der Waals surface area contributed by atoms with Crippen molar-refractivity contribution < 1.29 is 9.53 Å². The van der Waals surface area contributed by atoms with Gasteiger partial charge in [-0.2, -0.15) is 0 Å². The first-order valence-corrected chi connectivity index (χ1v) is 9.77. The largest absolute Gasteiger partial charge is 0.495 e. The quantitative estimate of drug-likeness (QED) is 0.700. The van der Waals surface area contributed by atoms with Crippen LogP contribution < -0.4 is 9.64 Å². The highest BCUT2D eigenvalue weighted by atomic mass is 16.5. The minimum absolute atomic E-state index is 0.0645. The van der Waals surface area contributed by atoms with Crippen LogP contribution in [0.3, 0.4) is 0 Å². The Morgan fingerprint density at radius 1 is 1.11 bits per heavy atom. The number of amides is 1. The van der Waals surface area contributed by atoms with Crippen LogP contribution in [0.2, 0.25) is 0 Å². The van der Waals surface area contributed by atoms with Crippen molar-refractivity contribution >= 4 is 17.2 Å². The van der Waals surface area contributed by atoms with Gasteiger partial charge in [-0.1, -0.05) is 25.1 Å². The second-order valence-corrected chi connectivity index (χ2v) is 7.10. The first-order valence-electron chi connectivity index (χ1n) is 9.77. The average Bonchev–Trinajstić information content (AvgIpc) is 3.13. The second kappa shape index (κ2) is 7.54. The van der Waals surface area contributed by atoms with Crippen LogP contribution in [0.25, 0.3) is 5.65 Å². The number of piperazine rings is 1. The standard InChI is InChI=1S/C22H26N4O2/c1-4-17-20(26-11-7-8-16(2)21(26)23-17)22(27)25-14-12-24(13-15-25)18-9-5-6-10-19(18)28-3/h5-11H,4,12-15H2,1-3H3. The highest BCUT2D eigenvalue weighted by molar-refractivity contribution is 5.95. The summed E-state index contributed by atoms with van der Waals surface area (Å²) >= 11 is 0. The number of hydrogen-bond acceptors (Lipinski definition) is 4. The number of fused-ring (bicyclic) bond motifs is 1. The van der Waals surface area contributed by atoms with Gasteiger partial charge >= 0.3 is 0 Å². The van der Waals surface area contributed by atoms with Gasteiger partial charge in [0.2, 0.25) is 0 Å². The third-order valence-electron chi connectivity index (χ3n) is 5.45. The van der Waals surface area contributed by atoms with Crippen molar-refractivity contribution in [2.75, 3.05) is 38.2 Å². The van der Waals surface area contributed by atoms with Gasteiger partial charge in [-0.3, -0.25) is 9.20 Å². The molecule has 0 N–H and O–H groups in total. The summed E-state index contributed by atoms with van der Waals surface area (Å²) in [5, 5.41) is 0. The Bertz CT molecular complexity index is 1000. The van der Waals surface area contributed by atoms with Crippen molar-refractivity contribution in [3.8, 4) is 5.75 Å². The highest BCUT2D eigenvalue weighted by Gasteiger charge is 2.27. The maximum atomic E-state index is 13.4. The lowest BCUT2D eigenvalue weighted by Crippen LogP contribution is -2.49. The zero-order valence-electron chi connectivity index (χ0n) is 16.7. The Labute approximate surface area is 165 Å². The molecule has 2 aromatic heterocycles. The molecule has 0 atom stereocenters. The molecule has 1 fully saturated rings. The molecule has 6 heteroatoms. The van der Waals surface area contributed by atoms with E-state index in [4.69, 9.17) is 9.72 Å². The minimum atomic E-state index is 0.0645. The molecule has 0 bridgehead atoms. The zero-order valence-corrected chi connectivity index (χ0v) is 16.7.